The van der Waals surface area contributed by atoms with Crippen molar-refractivity contribution >= 4 is 27.8 Å². The molecule has 0 spiro atoms. The van der Waals surface area contributed by atoms with Gasteiger partial charge in [-0.05, 0) is 36.6 Å². The van der Waals surface area contributed by atoms with Gasteiger partial charge in [0.05, 0.1) is 18.0 Å². The quantitative estimate of drug-likeness (QED) is 0.163. The van der Waals surface area contributed by atoms with Crippen molar-refractivity contribution in [2.45, 2.75) is 30.7 Å². The summed E-state index contributed by atoms with van der Waals surface area (Å²) in [4.78, 5) is 30.9. The smallest absolute Gasteiger partial charge is 0.241 e. The summed E-state index contributed by atoms with van der Waals surface area (Å²) in [7, 11) is -3.85. The van der Waals surface area contributed by atoms with Crippen LogP contribution in [0.15, 0.2) is 34.3 Å². The highest BCUT2D eigenvalue weighted by atomic mass is 32.2. The molecule has 0 aliphatic carbocycles. The molecule has 1 aliphatic rings. The monoisotopic (exact) mass is 426 g/mol. The van der Waals surface area contributed by atoms with Gasteiger partial charge in [-0.25, -0.2) is 8.42 Å². The summed E-state index contributed by atoms with van der Waals surface area (Å²) in [6.45, 7) is 2.10. The first-order chi connectivity index (χ1) is 13.7. The van der Waals surface area contributed by atoms with E-state index in [0.717, 1.165) is 0 Å². The molecular weight excluding hydrogens is 400 g/mol. The van der Waals surface area contributed by atoms with E-state index in [0.29, 0.717) is 24.9 Å². The Morgan fingerprint density at radius 1 is 1.34 bits per heavy atom. The number of nitrogens with two attached hydrogens (primary N) is 2. The first-order valence-corrected chi connectivity index (χ1v) is 10.5. The number of rotatable bonds is 9. The molecule has 29 heavy (non-hydrogen) atoms. The second kappa shape index (κ2) is 10.1. The molecule has 0 aromatic heterocycles. The zero-order chi connectivity index (χ0) is 21.4. The number of sulfonamides is 1. The van der Waals surface area contributed by atoms with Gasteiger partial charge in [-0.2, -0.15) is 4.72 Å². The summed E-state index contributed by atoms with van der Waals surface area (Å²) in [6, 6.07) is 5.62. The number of aryl methyl sites for hydroxylation is 1. The van der Waals surface area contributed by atoms with Crippen molar-refractivity contribution in [3.05, 3.63) is 29.8 Å². The van der Waals surface area contributed by atoms with Crippen molar-refractivity contribution in [2.75, 3.05) is 26.2 Å². The van der Waals surface area contributed by atoms with E-state index in [1.807, 2.05) is 0 Å². The van der Waals surface area contributed by atoms with Crippen LogP contribution in [0.3, 0.4) is 0 Å². The SMILES string of the molecule is Cc1ccccc1S(=O)(=O)N[C@H]1CCCN(CC(=O)NCCON=C(N)N)C1=O. The van der Waals surface area contributed by atoms with E-state index in [1.165, 1.54) is 11.0 Å². The van der Waals surface area contributed by atoms with Crippen molar-refractivity contribution in [3.8, 4) is 0 Å². The number of hydrogen-bond donors (Lipinski definition) is 4. The maximum absolute atomic E-state index is 12.7. The Morgan fingerprint density at radius 3 is 2.76 bits per heavy atom. The van der Waals surface area contributed by atoms with Crippen molar-refractivity contribution in [2.24, 2.45) is 16.6 Å². The Hall–Kier alpha value is -2.86. The lowest BCUT2D eigenvalue weighted by molar-refractivity contribution is -0.139. The second-order valence-corrected chi connectivity index (χ2v) is 8.22. The van der Waals surface area contributed by atoms with Gasteiger partial charge in [0, 0.05) is 6.54 Å². The Labute approximate surface area is 169 Å². The van der Waals surface area contributed by atoms with E-state index in [9.17, 15) is 18.0 Å². The van der Waals surface area contributed by atoms with E-state index < -0.39 is 27.9 Å². The molecule has 1 saturated heterocycles. The molecule has 1 fully saturated rings. The molecule has 160 valence electrons. The average molecular weight is 426 g/mol. The van der Waals surface area contributed by atoms with E-state index in [2.05, 4.69) is 15.2 Å². The topological polar surface area (TPSA) is 169 Å². The van der Waals surface area contributed by atoms with Crippen molar-refractivity contribution in [3.63, 3.8) is 0 Å². The van der Waals surface area contributed by atoms with Gasteiger partial charge >= 0.3 is 0 Å². The van der Waals surface area contributed by atoms with Crippen LogP contribution in [-0.2, 0) is 24.4 Å². The van der Waals surface area contributed by atoms with Gasteiger partial charge in [0.15, 0.2) is 0 Å². The van der Waals surface area contributed by atoms with E-state index >= 15 is 0 Å². The molecule has 0 radical (unpaired) electrons. The van der Waals surface area contributed by atoms with Crippen LogP contribution in [0.1, 0.15) is 18.4 Å². The molecule has 1 aromatic rings. The highest BCUT2D eigenvalue weighted by Gasteiger charge is 2.33. The summed E-state index contributed by atoms with van der Waals surface area (Å²) in [5.41, 5.74) is 10.8. The number of piperidine rings is 1. The first-order valence-electron chi connectivity index (χ1n) is 9.05. The van der Waals surface area contributed by atoms with Crippen LogP contribution in [-0.4, -0.2) is 63.4 Å². The third-order valence-electron chi connectivity index (χ3n) is 4.23. The second-order valence-electron chi connectivity index (χ2n) is 6.54. The molecule has 2 rings (SSSR count). The molecule has 1 aliphatic heterocycles. The molecule has 1 heterocycles. The minimum absolute atomic E-state index is 0.0659. The van der Waals surface area contributed by atoms with Crippen LogP contribution in [0, 0.1) is 6.92 Å². The molecule has 1 aromatic carbocycles. The number of nitrogens with one attached hydrogen (secondary N) is 2. The highest BCUT2D eigenvalue weighted by molar-refractivity contribution is 7.89. The van der Waals surface area contributed by atoms with Crippen molar-refractivity contribution in [1.82, 2.24) is 14.9 Å². The number of carbonyl (C=O) groups is 2. The molecule has 0 bridgehead atoms. The lowest BCUT2D eigenvalue weighted by Gasteiger charge is -2.32. The zero-order valence-electron chi connectivity index (χ0n) is 16.1. The molecule has 6 N–H and O–H groups in total. The van der Waals surface area contributed by atoms with E-state index in [-0.39, 0.29) is 30.6 Å². The number of amides is 2. The van der Waals surface area contributed by atoms with Gasteiger partial charge < -0.3 is 26.5 Å². The Balaban J connectivity index is 1.90. The molecule has 0 unspecified atom stereocenters. The fraction of sp³-hybridized carbons (Fsp3) is 0.471. The predicted octanol–water partition coefficient (Wildman–Crippen LogP) is -1.41. The minimum Gasteiger partial charge on any atom is -0.391 e. The molecule has 1 atom stereocenters. The van der Waals surface area contributed by atoms with Crippen LogP contribution in [0.2, 0.25) is 0 Å². The molecule has 12 heteroatoms. The average Bonchev–Trinajstić information content (AvgIpc) is 2.64. The Bertz CT molecular complexity index is 869. The summed E-state index contributed by atoms with van der Waals surface area (Å²) < 4.78 is 27.8. The van der Waals surface area contributed by atoms with Gasteiger partial charge in [0.2, 0.25) is 27.8 Å². The highest BCUT2D eigenvalue weighted by Crippen LogP contribution is 2.18. The lowest BCUT2D eigenvalue weighted by atomic mass is 10.1. The Kier molecular flexibility index (Phi) is 7.79. The molecule has 2 amide bonds. The van der Waals surface area contributed by atoms with Crippen LogP contribution in [0.4, 0.5) is 0 Å². The normalized spacial score (nSPS) is 16.9. The molecule has 0 saturated carbocycles. The number of hydrogen-bond acceptors (Lipinski definition) is 6. The van der Waals surface area contributed by atoms with Gasteiger partial charge in [-0.3, -0.25) is 9.59 Å². The number of oxime groups is 1. The number of nitrogens with zero attached hydrogens (tertiary/aromatic N) is 2. The van der Waals surface area contributed by atoms with Crippen LogP contribution < -0.4 is 21.5 Å². The summed E-state index contributed by atoms with van der Waals surface area (Å²) in [6.07, 6.45) is 0.946. The zero-order valence-corrected chi connectivity index (χ0v) is 16.9. The predicted molar refractivity (Wildman–Crippen MR) is 106 cm³/mol. The minimum atomic E-state index is -3.85. The fourth-order valence-electron chi connectivity index (χ4n) is 2.90. The lowest BCUT2D eigenvalue weighted by Crippen LogP contribution is -2.54. The van der Waals surface area contributed by atoms with Crippen LogP contribution in [0.5, 0.6) is 0 Å². The summed E-state index contributed by atoms with van der Waals surface area (Å²) in [5, 5.41) is 5.89. The fourth-order valence-corrected chi connectivity index (χ4v) is 4.37. The van der Waals surface area contributed by atoms with Crippen LogP contribution in [0.25, 0.3) is 0 Å². The van der Waals surface area contributed by atoms with E-state index in [1.54, 1.807) is 25.1 Å². The number of guanidine groups is 1. The van der Waals surface area contributed by atoms with Crippen molar-refractivity contribution in [1.29, 1.82) is 0 Å². The van der Waals surface area contributed by atoms with Gasteiger partial charge in [-0.15, -0.1) is 0 Å². The largest absolute Gasteiger partial charge is 0.391 e. The maximum Gasteiger partial charge on any atom is 0.241 e. The maximum atomic E-state index is 12.7. The van der Waals surface area contributed by atoms with Crippen molar-refractivity contribution < 1.29 is 22.8 Å². The van der Waals surface area contributed by atoms with E-state index in [4.69, 9.17) is 16.3 Å². The summed E-state index contributed by atoms with van der Waals surface area (Å²) in [5.74, 6) is -1.05. The number of carbonyl (C=O) groups excluding carboxylic acids is 2. The molecular formula is C17H26N6O5S. The molecule has 11 nitrogen and oxygen atoms in total. The van der Waals surface area contributed by atoms with Gasteiger partial charge in [-0.1, -0.05) is 18.2 Å². The Morgan fingerprint density at radius 2 is 2.07 bits per heavy atom. The number of likely N-dealkylation sites (tertiary alicyclic amines) is 1. The summed E-state index contributed by atoms with van der Waals surface area (Å²) >= 11 is 0. The van der Waals surface area contributed by atoms with Crippen LogP contribution >= 0.6 is 0 Å². The number of benzene rings is 1. The standard InChI is InChI=1S/C17H26N6O5S/c1-12-5-2-3-7-14(12)29(26,27)22-13-6-4-9-23(16(13)25)11-15(24)20-8-10-28-21-17(18)19/h2-3,5,7,13,22H,4,6,8-11H2,1H3,(H,20,24)(H4,18,19,21)/t13-/m0/s1. The third kappa shape index (κ3) is 6.61. The van der Waals surface area contributed by atoms with Gasteiger partial charge in [0.25, 0.3) is 0 Å². The first kappa shape index (κ1) is 22.4. The third-order valence-corrected chi connectivity index (χ3v) is 5.86. The van der Waals surface area contributed by atoms with Gasteiger partial charge in [0.1, 0.15) is 12.6 Å².